The first-order chi connectivity index (χ1) is 16.2. The lowest BCUT2D eigenvalue weighted by atomic mass is 10.1. The van der Waals surface area contributed by atoms with Crippen molar-refractivity contribution in [3.8, 4) is 22.8 Å². The molecule has 0 aliphatic heterocycles. The molecule has 0 bridgehead atoms. The Balaban J connectivity index is 1.60. The largest absolute Gasteiger partial charge is 0.475 e. The van der Waals surface area contributed by atoms with Crippen molar-refractivity contribution in [1.29, 1.82) is 0 Å². The zero-order chi connectivity index (χ0) is 23.0. The summed E-state index contributed by atoms with van der Waals surface area (Å²) in [7, 11) is 1.62. The molecule has 4 rings (SSSR count). The zero-order valence-electron chi connectivity index (χ0n) is 18.7. The lowest BCUT2D eigenvalue weighted by molar-refractivity contribution is 0.0950. The molecular formula is C26H26N4O3. The quantitative estimate of drug-likeness (QED) is 0.393. The number of carbonyl (C=O) groups excluding carboxylic acids is 1. The summed E-state index contributed by atoms with van der Waals surface area (Å²) >= 11 is 0. The molecule has 7 nitrogen and oxygen atoms in total. The second-order valence-corrected chi connectivity index (χ2v) is 7.53. The Hall–Kier alpha value is -3.97. The highest BCUT2D eigenvalue weighted by Gasteiger charge is 2.19. The number of hydrogen-bond donors (Lipinski definition) is 1. The van der Waals surface area contributed by atoms with Gasteiger partial charge in [0.2, 0.25) is 5.88 Å². The van der Waals surface area contributed by atoms with Crippen LogP contribution in [0.5, 0.6) is 5.88 Å². The van der Waals surface area contributed by atoms with E-state index >= 15 is 0 Å². The number of aryl methyl sites for hydroxylation is 1. The molecule has 1 N–H and O–H groups in total. The summed E-state index contributed by atoms with van der Waals surface area (Å²) < 4.78 is 12.4. The third-order valence-electron chi connectivity index (χ3n) is 5.09. The van der Waals surface area contributed by atoms with E-state index in [2.05, 4.69) is 10.3 Å². The van der Waals surface area contributed by atoms with Crippen LogP contribution in [0.25, 0.3) is 16.9 Å². The standard InChI is InChI=1S/C26H26N4O3/c1-19-8-6-9-20(16-19)24-23(18-30(29-24)22-11-4-3-5-12-22)25(31)28-17-21-10-7-13-27-26(21)33-15-14-32-2/h3-13,16,18H,14-15,17H2,1-2H3,(H,28,31). The van der Waals surface area contributed by atoms with Crippen LogP contribution < -0.4 is 10.1 Å². The van der Waals surface area contributed by atoms with E-state index in [-0.39, 0.29) is 12.5 Å². The number of methoxy groups -OCH3 is 1. The molecule has 0 aliphatic rings. The lowest BCUT2D eigenvalue weighted by Crippen LogP contribution is -2.23. The molecule has 0 spiro atoms. The SMILES string of the molecule is COCCOc1ncccc1CNC(=O)c1cn(-c2ccccc2)nc1-c1cccc(C)c1. The minimum absolute atomic E-state index is 0.222. The molecule has 0 fully saturated rings. The number of carbonyl (C=O) groups is 1. The van der Waals surface area contributed by atoms with Gasteiger partial charge < -0.3 is 14.8 Å². The molecule has 1 amide bonds. The number of nitrogens with one attached hydrogen (secondary N) is 1. The van der Waals surface area contributed by atoms with Crippen molar-refractivity contribution >= 4 is 5.91 Å². The molecule has 33 heavy (non-hydrogen) atoms. The number of para-hydroxylation sites is 1. The van der Waals surface area contributed by atoms with E-state index in [1.165, 1.54) is 0 Å². The molecule has 2 aromatic heterocycles. The van der Waals surface area contributed by atoms with Crippen molar-refractivity contribution in [3.63, 3.8) is 0 Å². The lowest BCUT2D eigenvalue weighted by Gasteiger charge is -2.11. The van der Waals surface area contributed by atoms with Crippen molar-refractivity contribution < 1.29 is 14.3 Å². The van der Waals surface area contributed by atoms with Gasteiger partial charge in [-0.3, -0.25) is 4.79 Å². The Morgan fingerprint density at radius 2 is 1.88 bits per heavy atom. The normalized spacial score (nSPS) is 10.7. The van der Waals surface area contributed by atoms with E-state index in [0.29, 0.717) is 30.4 Å². The van der Waals surface area contributed by atoms with Gasteiger partial charge in [0.1, 0.15) is 12.3 Å². The van der Waals surface area contributed by atoms with Gasteiger partial charge in [-0.15, -0.1) is 0 Å². The van der Waals surface area contributed by atoms with Gasteiger partial charge in [0.25, 0.3) is 5.91 Å². The second kappa shape index (κ2) is 10.6. The van der Waals surface area contributed by atoms with Crippen molar-refractivity contribution in [2.24, 2.45) is 0 Å². The maximum atomic E-state index is 13.3. The molecule has 2 heterocycles. The van der Waals surface area contributed by atoms with E-state index in [9.17, 15) is 4.79 Å². The fourth-order valence-electron chi connectivity index (χ4n) is 3.44. The van der Waals surface area contributed by atoms with Gasteiger partial charge >= 0.3 is 0 Å². The van der Waals surface area contributed by atoms with Crippen molar-refractivity contribution in [2.45, 2.75) is 13.5 Å². The second-order valence-electron chi connectivity index (χ2n) is 7.53. The number of rotatable bonds is 9. The number of aromatic nitrogens is 3. The number of benzene rings is 2. The predicted molar refractivity (Wildman–Crippen MR) is 127 cm³/mol. The van der Waals surface area contributed by atoms with E-state index in [1.807, 2.05) is 73.7 Å². The summed E-state index contributed by atoms with van der Waals surface area (Å²) in [4.78, 5) is 17.5. The van der Waals surface area contributed by atoms with Crippen LogP contribution in [0.1, 0.15) is 21.5 Å². The Bertz CT molecular complexity index is 1220. The van der Waals surface area contributed by atoms with Gasteiger partial charge in [0, 0.05) is 37.2 Å². The van der Waals surface area contributed by atoms with E-state index in [0.717, 1.165) is 22.4 Å². The van der Waals surface area contributed by atoms with Crippen LogP contribution in [0.15, 0.2) is 79.1 Å². The number of amides is 1. The molecule has 7 heteroatoms. The minimum Gasteiger partial charge on any atom is -0.475 e. The molecule has 0 saturated carbocycles. The Labute approximate surface area is 193 Å². The third kappa shape index (κ3) is 5.45. The summed E-state index contributed by atoms with van der Waals surface area (Å²) in [5, 5.41) is 7.73. The molecule has 168 valence electrons. The first kappa shape index (κ1) is 22.2. The Morgan fingerprint density at radius 1 is 1.03 bits per heavy atom. The van der Waals surface area contributed by atoms with E-state index in [4.69, 9.17) is 14.6 Å². The molecule has 0 radical (unpaired) electrons. The summed E-state index contributed by atoms with van der Waals surface area (Å²) in [5.74, 6) is 0.258. The van der Waals surface area contributed by atoms with Crippen LogP contribution in [0.2, 0.25) is 0 Å². The monoisotopic (exact) mass is 442 g/mol. The van der Waals surface area contributed by atoms with Gasteiger partial charge in [-0.05, 0) is 31.2 Å². The molecule has 0 unspecified atom stereocenters. The predicted octanol–water partition coefficient (Wildman–Crippen LogP) is 4.20. The van der Waals surface area contributed by atoms with Gasteiger partial charge in [0.15, 0.2) is 0 Å². The average Bonchev–Trinajstić information content (AvgIpc) is 3.30. The first-order valence-electron chi connectivity index (χ1n) is 10.7. The van der Waals surface area contributed by atoms with Crippen molar-refractivity contribution in [3.05, 3.63) is 95.8 Å². The molecule has 0 saturated heterocycles. The highest BCUT2D eigenvalue weighted by atomic mass is 16.5. The third-order valence-corrected chi connectivity index (χ3v) is 5.09. The number of hydrogen-bond acceptors (Lipinski definition) is 5. The van der Waals surface area contributed by atoms with Gasteiger partial charge in [-0.25, -0.2) is 9.67 Å². The van der Waals surface area contributed by atoms with Crippen LogP contribution in [0, 0.1) is 6.92 Å². The Kier molecular flexibility index (Phi) is 7.12. The van der Waals surface area contributed by atoms with Crippen LogP contribution in [-0.2, 0) is 11.3 Å². The maximum absolute atomic E-state index is 13.3. The van der Waals surface area contributed by atoms with E-state index < -0.39 is 0 Å². The maximum Gasteiger partial charge on any atom is 0.255 e. The summed E-state index contributed by atoms with van der Waals surface area (Å²) in [6, 6.07) is 21.4. The van der Waals surface area contributed by atoms with Gasteiger partial charge in [-0.2, -0.15) is 5.10 Å². The number of ether oxygens (including phenoxy) is 2. The molecular weight excluding hydrogens is 416 g/mol. The first-order valence-corrected chi connectivity index (χ1v) is 10.7. The van der Waals surface area contributed by atoms with Crippen LogP contribution >= 0.6 is 0 Å². The fourth-order valence-corrected chi connectivity index (χ4v) is 3.44. The van der Waals surface area contributed by atoms with Crippen LogP contribution in [0.3, 0.4) is 0 Å². The zero-order valence-corrected chi connectivity index (χ0v) is 18.7. The number of pyridine rings is 1. The highest BCUT2D eigenvalue weighted by Crippen LogP contribution is 2.25. The van der Waals surface area contributed by atoms with Crippen molar-refractivity contribution in [1.82, 2.24) is 20.1 Å². The molecule has 0 aliphatic carbocycles. The van der Waals surface area contributed by atoms with Crippen LogP contribution in [-0.4, -0.2) is 41.0 Å². The molecule has 4 aromatic rings. The summed E-state index contributed by atoms with van der Waals surface area (Å²) in [6.07, 6.45) is 3.43. The average molecular weight is 443 g/mol. The highest BCUT2D eigenvalue weighted by molar-refractivity contribution is 6.00. The van der Waals surface area contributed by atoms with Gasteiger partial charge in [0.05, 0.1) is 17.9 Å². The van der Waals surface area contributed by atoms with Crippen molar-refractivity contribution in [2.75, 3.05) is 20.3 Å². The summed E-state index contributed by atoms with van der Waals surface area (Å²) in [5.41, 5.74) is 4.78. The Morgan fingerprint density at radius 3 is 2.67 bits per heavy atom. The molecule has 0 atom stereocenters. The van der Waals surface area contributed by atoms with E-state index in [1.54, 1.807) is 24.2 Å². The summed E-state index contributed by atoms with van der Waals surface area (Å²) in [6.45, 7) is 3.14. The molecule has 2 aromatic carbocycles. The smallest absolute Gasteiger partial charge is 0.255 e. The minimum atomic E-state index is -0.222. The van der Waals surface area contributed by atoms with Gasteiger partial charge in [-0.1, -0.05) is 48.0 Å². The fraction of sp³-hybridized carbons (Fsp3) is 0.192. The number of nitrogens with zero attached hydrogens (tertiary/aromatic N) is 3. The topological polar surface area (TPSA) is 78.3 Å². The van der Waals surface area contributed by atoms with Crippen LogP contribution in [0.4, 0.5) is 0 Å².